The third-order valence-electron chi connectivity index (χ3n) is 4.18. The average Bonchev–Trinajstić information content (AvgIpc) is 2.64. The fourth-order valence-corrected chi connectivity index (χ4v) is 4.63. The molecule has 158 valence electrons. The summed E-state index contributed by atoms with van der Waals surface area (Å²) in [5.41, 5.74) is 0.894. The summed E-state index contributed by atoms with van der Waals surface area (Å²) in [6.45, 7) is 2.71. The molecule has 2 aromatic rings. The number of anilines is 1. The molecule has 0 spiro atoms. The Bertz CT molecular complexity index is 996. The minimum atomic E-state index is -3.74. The normalized spacial score (nSPS) is 11.7. The Morgan fingerprint density at radius 3 is 2.38 bits per heavy atom. The molecule has 0 saturated heterocycles. The Morgan fingerprint density at radius 2 is 1.83 bits per heavy atom. The van der Waals surface area contributed by atoms with Gasteiger partial charge >= 0.3 is 6.61 Å². The van der Waals surface area contributed by atoms with Crippen LogP contribution in [0.3, 0.4) is 0 Å². The molecular weight excluding hydrogens is 426 g/mol. The fraction of sp³-hybridized carbons (Fsp3) is 0.316. The zero-order chi connectivity index (χ0) is 21.8. The number of sulfonamides is 1. The molecule has 0 aliphatic heterocycles. The van der Waals surface area contributed by atoms with Crippen molar-refractivity contribution in [3.8, 4) is 5.75 Å². The van der Waals surface area contributed by atoms with Crippen molar-refractivity contribution in [2.75, 3.05) is 18.4 Å². The van der Waals surface area contributed by atoms with E-state index in [1.165, 1.54) is 34.6 Å². The molecule has 0 bridgehead atoms. The summed E-state index contributed by atoms with van der Waals surface area (Å²) in [7, 11) is -3.74. The van der Waals surface area contributed by atoms with E-state index in [-0.39, 0.29) is 26.9 Å². The van der Waals surface area contributed by atoms with Crippen LogP contribution in [0.2, 0.25) is 5.02 Å². The van der Waals surface area contributed by atoms with Gasteiger partial charge in [-0.1, -0.05) is 31.5 Å². The minimum absolute atomic E-state index is 0.0487. The van der Waals surface area contributed by atoms with E-state index in [1.807, 2.05) is 0 Å². The first-order valence-corrected chi connectivity index (χ1v) is 10.6. The number of halogens is 3. The smallest absolute Gasteiger partial charge is 0.387 e. The first-order valence-electron chi connectivity index (χ1n) is 8.76. The molecule has 0 aromatic heterocycles. The molecule has 0 atom stereocenters. The molecule has 2 rings (SSSR count). The highest BCUT2D eigenvalue weighted by Crippen LogP contribution is 2.29. The van der Waals surface area contributed by atoms with Crippen LogP contribution in [0.4, 0.5) is 14.5 Å². The van der Waals surface area contributed by atoms with E-state index in [9.17, 15) is 22.0 Å². The molecule has 29 heavy (non-hydrogen) atoms. The van der Waals surface area contributed by atoms with Gasteiger partial charge in [-0.05, 0) is 42.8 Å². The Hall–Kier alpha value is -2.23. The SMILES string of the molecule is CCN(CC)S(=O)(=O)c1cc(C(=O)Nc2ccc(OC(F)F)c(Cl)c2)ccc1C. The molecule has 0 unspecified atom stereocenters. The molecule has 1 N–H and O–H groups in total. The first kappa shape index (κ1) is 23.1. The van der Waals surface area contributed by atoms with Crippen molar-refractivity contribution < 1.29 is 26.7 Å². The summed E-state index contributed by atoms with van der Waals surface area (Å²) in [5, 5.41) is 2.46. The molecule has 0 radical (unpaired) electrons. The fourth-order valence-electron chi connectivity index (χ4n) is 2.70. The lowest BCUT2D eigenvalue weighted by Crippen LogP contribution is -2.31. The Balaban J connectivity index is 2.30. The topological polar surface area (TPSA) is 75.7 Å². The van der Waals surface area contributed by atoms with Gasteiger partial charge in [-0.3, -0.25) is 4.79 Å². The van der Waals surface area contributed by atoms with E-state index in [2.05, 4.69) is 10.1 Å². The van der Waals surface area contributed by atoms with Crippen molar-refractivity contribution in [1.82, 2.24) is 4.31 Å². The maximum absolute atomic E-state index is 12.8. The minimum Gasteiger partial charge on any atom is -0.433 e. The standard InChI is InChI=1S/C19H21ClF2N2O4S/c1-4-24(5-2)29(26,27)17-10-13(7-6-12(17)3)18(25)23-14-8-9-16(15(20)11-14)28-19(21)22/h6-11,19H,4-5H2,1-3H3,(H,23,25). The molecule has 2 aromatic carbocycles. The van der Waals surface area contributed by atoms with Crippen LogP contribution < -0.4 is 10.1 Å². The van der Waals surface area contributed by atoms with Crippen LogP contribution in [0.5, 0.6) is 5.75 Å². The van der Waals surface area contributed by atoms with Gasteiger partial charge in [0.2, 0.25) is 10.0 Å². The number of hydrogen-bond acceptors (Lipinski definition) is 4. The number of rotatable bonds is 8. The van der Waals surface area contributed by atoms with Crippen molar-refractivity contribution >= 4 is 33.2 Å². The van der Waals surface area contributed by atoms with Gasteiger partial charge in [0.1, 0.15) is 5.75 Å². The number of carbonyl (C=O) groups is 1. The van der Waals surface area contributed by atoms with Gasteiger partial charge < -0.3 is 10.1 Å². The quantitative estimate of drug-likeness (QED) is 0.646. The Labute approximate surface area is 173 Å². The third kappa shape index (κ3) is 5.43. The second-order valence-electron chi connectivity index (χ2n) is 6.05. The maximum Gasteiger partial charge on any atom is 0.387 e. The number of nitrogens with zero attached hydrogens (tertiary/aromatic N) is 1. The highest BCUT2D eigenvalue weighted by Gasteiger charge is 2.24. The molecule has 0 fully saturated rings. The van der Waals surface area contributed by atoms with E-state index in [4.69, 9.17) is 11.6 Å². The van der Waals surface area contributed by atoms with Gasteiger partial charge in [0.05, 0.1) is 9.92 Å². The van der Waals surface area contributed by atoms with Crippen molar-refractivity contribution in [2.24, 2.45) is 0 Å². The lowest BCUT2D eigenvalue weighted by molar-refractivity contribution is -0.0497. The van der Waals surface area contributed by atoms with E-state index in [0.717, 1.165) is 0 Å². The van der Waals surface area contributed by atoms with Crippen molar-refractivity contribution in [2.45, 2.75) is 32.3 Å². The molecule has 6 nitrogen and oxygen atoms in total. The van der Waals surface area contributed by atoms with E-state index >= 15 is 0 Å². The number of nitrogens with one attached hydrogen (secondary N) is 1. The van der Waals surface area contributed by atoms with Crippen LogP contribution in [0, 0.1) is 6.92 Å². The number of alkyl halides is 2. The summed E-state index contributed by atoms with van der Waals surface area (Å²) >= 11 is 5.88. The van der Waals surface area contributed by atoms with Crippen LogP contribution in [-0.2, 0) is 10.0 Å². The summed E-state index contributed by atoms with van der Waals surface area (Å²) in [5.74, 6) is -0.790. The summed E-state index contributed by atoms with van der Waals surface area (Å²) in [6, 6.07) is 8.19. The molecule has 0 saturated carbocycles. The first-order chi connectivity index (χ1) is 13.6. The zero-order valence-electron chi connectivity index (χ0n) is 16.1. The zero-order valence-corrected chi connectivity index (χ0v) is 17.7. The van der Waals surface area contributed by atoms with Crippen molar-refractivity contribution in [3.63, 3.8) is 0 Å². The van der Waals surface area contributed by atoms with E-state index in [1.54, 1.807) is 26.8 Å². The molecule has 10 heteroatoms. The largest absolute Gasteiger partial charge is 0.433 e. The lowest BCUT2D eigenvalue weighted by Gasteiger charge is -2.20. The van der Waals surface area contributed by atoms with E-state index < -0.39 is 22.5 Å². The molecule has 0 aliphatic rings. The number of amides is 1. The number of hydrogen-bond donors (Lipinski definition) is 1. The molecule has 0 heterocycles. The number of aryl methyl sites for hydroxylation is 1. The highest BCUT2D eigenvalue weighted by molar-refractivity contribution is 7.89. The van der Waals surface area contributed by atoms with Crippen LogP contribution in [0.1, 0.15) is 29.8 Å². The van der Waals surface area contributed by atoms with Gasteiger partial charge in [-0.25, -0.2) is 8.42 Å². The maximum atomic E-state index is 12.8. The second kappa shape index (κ2) is 9.51. The summed E-state index contributed by atoms with van der Waals surface area (Å²) in [6.07, 6.45) is 0. The average molecular weight is 447 g/mol. The molecular formula is C19H21ClF2N2O4S. The van der Waals surface area contributed by atoms with Gasteiger partial charge in [0, 0.05) is 24.3 Å². The highest BCUT2D eigenvalue weighted by atomic mass is 35.5. The number of benzene rings is 2. The molecule has 1 amide bonds. The second-order valence-corrected chi connectivity index (χ2v) is 8.36. The lowest BCUT2D eigenvalue weighted by atomic mass is 10.1. The predicted octanol–water partition coefficient (Wildman–Crippen LogP) is 4.53. The monoisotopic (exact) mass is 446 g/mol. The van der Waals surface area contributed by atoms with Gasteiger partial charge in [-0.15, -0.1) is 0 Å². The van der Waals surface area contributed by atoms with Crippen LogP contribution in [0.25, 0.3) is 0 Å². The van der Waals surface area contributed by atoms with Gasteiger partial charge in [0.15, 0.2) is 0 Å². The van der Waals surface area contributed by atoms with Crippen LogP contribution in [0.15, 0.2) is 41.3 Å². The predicted molar refractivity (Wildman–Crippen MR) is 107 cm³/mol. The third-order valence-corrected chi connectivity index (χ3v) is 6.67. The van der Waals surface area contributed by atoms with Crippen molar-refractivity contribution in [1.29, 1.82) is 0 Å². The summed E-state index contributed by atoms with van der Waals surface area (Å²) < 4.78 is 55.8. The Morgan fingerprint density at radius 1 is 1.17 bits per heavy atom. The van der Waals surface area contributed by atoms with E-state index in [0.29, 0.717) is 18.7 Å². The number of carbonyl (C=O) groups excluding carboxylic acids is 1. The molecule has 0 aliphatic carbocycles. The Kier molecular flexibility index (Phi) is 7.56. The van der Waals surface area contributed by atoms with Gasteiger partial charge in [-0.2, -0.15) is 13.1 Å². The number of ether oxygens (including phenoxy) is 1. The van der Waals surface area contributed by atoms with Crippen LogP contribution >= 0.6 is 11.6 Å². The van der Waals surface area contributed by atoms with Crippen molar-refractivity contribution in [3.05, 3.63) is 52.5 Å². The summed E-state index contributed by atoms with van der Waals surface area (Å²) in [4.78, 5) is 12.6. The van der Waals surface area contributed by atoms with Crippen LogP contribution in [-0.4, -0.2) is 38.3 Å². The van der Waals surface area contributed by atoms with Gasteiger partial charge in [0.25, 0.3) is 5.91 Å².